The molecule has 6 nitrogen and oxygen atoms in total. The Morgan fingerprint density at radius 3 is 2.27 bits per heavy atom. The van der Waals surface area contributed by atoms with E-state index in [-0.39, 0.29) is 31.3 Å². The summed E-state index contributed by atoms with van der Waals surface area (Å²) in [4.78, 5) is 19.9. The van der Waals surface area contributed by atoms with Gasteiger partial charge in [-0.1, -0.05) is 45.0 Å². The van der Waals surface area contributed by atoms with Crippen LogP contribution >= 0.6 is 12.4 Å². The highest BCUT2D eigenvalue weighted by Crippen LogP contribution is 2.16. The van der Waals surface area contributed by atoms with E-state index in [2.05, 4.69) is 53.4 Å². The molecule has 3 N–H and O–H groups in total. The lowest BCUT2D eigenvalue weighted by atomic mass is 10.00. The number of aliphatic hydroxyl groups is 1. The number of pyridine rings is 1. The molecule has 0 saturated carbocycles. The molecular formula is C31H41ClF2N4O2. The quantitative estimate of drug-likeness (QED) is 0.225. The zero-order chi connectivity index (χ0) is 28.2. The summed E-state index contributed by atoms with van der Waals surface area (Å²) in [5.74, 6) is -1.08. The predicted molar refractivity (Wildman–Crippen MR) is 159 cm³/mol. The highest BCUT2D eigenvalue weighted by atomic mass is 35.5. The molecule has 9 heteroatoms. The van der Waals surface area contributed by atoms with E-state index in [1.54, 1.807) is 18.3 Å². The molecule has 1 amide bonds. The third-order valence-corrected chi connectivity index (χ3v) is 6.56. The van der Waals surface area contributed by atoms with Gasteiger partial charge in [-0.15, -0.1) is 12.4 Å². The van der Waals surface area contributed by atoms with E-state index >= 15 is 0 Å². The van der Waals surface area contributed by atoms with Gasteiger partial charge < -0.3 is 20.6 Å². The molecule has 0 fully saturated rings. The van der Waals surface area contributed by atoms with Crippen LogP contribution in [0.3, 0.4) is 0 Å². The number of benzene rings is 2. The van der Waals surface area contributed by atoms with Crippen LogP contribution in [0.25, 0.3) is 0 Å². The van der Waals surface area contributed by atoms with Crippen molar-refractivity contribution in [3.63, 3.8) is 0 Å². The van der Waals surface area contributed by atoms with Crippen LogP contribution in [0, 0.1) is 11.6 Å². The van der Waals surface area contributed by atoms with Crippen molar-refractivity contribution in [1.29, 1.82) is 0 Å². The fourth-order valence-electron chi connectivity index (χ4n) is 4.60. The van der Waals surface area contributed by atoms with Crippen molar-refractivity contribution >= 4 is 24.1 Å². The monoisotopic (exact) mass is 574 g/mol. The number of nitrogens with one attached hydrogen (secondary N) is 2. The van der Waals surface area contributed by atoms with Gasteiger partial charge in [0.25, 0.3) is 5.91 Å². The minimum atomic E-state index is -1.01. The van der Waals surface area contributed by atoms with Crippen molar-refractivity contribution in [3.8, 4) is 0 Å². The van der Waals surface area contributed by atoms with Crippen molar-refractivity contribution in [2.24, 2.45) is 0 Å². The van der Waals surface area contributed by atoms with Crippen LogP contribution in [-0.4, -0.2) is 47.8 Å². The number of anilines is 1. The number of amides is 1. The minimum Gasteiger partial charge on any atom is -0.390 e. The second kappa shape index (κ2) is 16.9. The zero-order valence-corrected chi connectivity index (χ0v) is 24.3. The Bertz CT molecular complexity index is 1190. The molecule has 0 aliphatic rings. The molecule has 218 valence electrons. The van der Waals surface area contributed by atoms with Gasteiger partial charge in [0.1, 0.15) is 17.5 Å². The number of carbonyl (C=O) groups is 1. The maximum Gasteiger partial charge on any atom is 0.251 e. The van der Waals surface area contributed by atoms with Crippen molar-refractivity contribution in [2.75, 3.05) is 24.5 Å². The van der Waals surface area contributed by atoms with E-state index in [9.17, 15) is 18.7 Å². The number of hydrogen-bond donors (Lipinski definition) is 3. The van der Waals surface area contributed by atoms with Gasteiger partial charge in [-0.2, -0.15) is 0 Å². The van der Waals surface area contributed by atoms with Gasteiger partial charge in [0, 0.05) is 44.0 Å². The second-order valence-electron chi connectivity index (χ2n) is 9.82. The smallest absolute Gasteiger partial charge is 0.251 e. The maximum absolute atomic E-state index is 13.9. The molecule has 3 aromatic rings. The van der Waals surface area contributed by atoms with Crippen LogP contribution in [-0.2, 0) is 19.4 Å². The molecule has 0 bridgehead atoms. The topological polar surface area (TPSA) is 77.5 Å². The Labute approximate surface area is 242 Å². The summed E-state index contributed by atoms with van der Waals surface area (Å²) in [7, 11) is 0. The van der Waals surface area contributed by atoms with Crippen molar-refractivity contribution < 1.29 is 18.7 Å². The molecule has 0 aliphatic heterocycles. The van der Waals surface area contributed by atoms with Crippen molar-refractivity contribution in [2.45, 2.75) is 65.1 Å². The summed E-state index contributed by atoms with van der Waals surface area (Å²) in [5.41, 5.74) is 3.06. The number of nitrogens with zero attached hydrogens (tertiary/aromatic N) is 2. The second-order valence-corrected chi connectivity index (χ2v) is 9.82. The van der Waals surface area contributed by atoms with Crippen LogP contribution in [0.4, 0.5) is 14.6 Å². The molecule has 0 aliphatic carbocycles. The van der Waals surface area contributed by atoms with E-state index in [4.69, 9.17) is 0 Å². The lowest BCUT2D eigenvalue weighted by Gasteiger charge is -2.26. The first-order valence-electron chi connectivity index (χ1n) is 13.8. The van der Waals surface area contributed by atoms with E-state index in [0.29, 0.717) is 23.5 Å². The summed E-state index contributed by atoms with van der Waals surface area (Å²) in [5, 5.41) is 17.2. The van der Waals surface area contributed by atoms with Crippen LogP contribution in [0.15, 0.2) is 60.8 Å². The molecule has 0 saturated heterocycles. The molecular weight excluding hydrogens is 534 g/mol. The van der Waals surface area contributed by atoms with Gasteiger partial charge in [-0.25, -0.2) is 13.8 Å². The van der Waals surface area contributed by atoms with Crippen LogP contribution in [0.2, 0.25) is 0 Å². The molecule has 0 spiro atoms. The van der Waals surface area contributed by atoms with Crippen molar-refractivity contribution in [3.05, 3.63) is 94.7 Å². The number of halogens is 3. The molecule has 1 heterocycles. The van der Waals surface area contributed by atoms with Gasteiger partial charge in [-0.05, 0) is 66.6 Å². The van der Waals surface area contributed by atoms with Crippen LogP contribution in [0.1, 0.15) is 60.7 Å². The van der Waals surface area contributed by atoms with E-state index in [0.717, 1.165) is 44.0 Å². The standard InChI is InChI=1S/C31H40F2N4O2.ClH/c1-4-12-37(13-5-2)30-18-25(10-11-35-30)31(39)36-28(17-24-15-26(32)19-27(33)16-24)29(38)21-34-20-23-9-7-8-22(6-3)14-23;/h7-11,14-16,18-19,28-29,34,38H,4-6,12-13,17,20-21H2,1-3H3,(H,36,39);1H/t28-,29-;/m0./s1. The fourth-order valence-corrected chi connectivity index (χ4v) is 4.60. The van der Waals surface area contributed by atoms with Crippen LogP contribution in [0.5, 0.6) is 0 Å². The number of aryl methyl sites for hydroxylation is 1. The number of rotatable bonds is 15. The first-order valence-corrected chi connectivity index (χ1v) is 13.8. The van der Waals surface area contributed by atoms with Gasteiger partial charge in [-0.3, -0.25) is 4.79 Å². The van der Waals surface area contributed by atoms with Gasteiger partial charge >= 0.3 is 0 Å². The van der Waals surface area contributed by atoms with Crippen molar-refractivity contribution in [1.82, 2.24) is 15.6 Å². The maximum atomic E-state index is 13.9. The number of carbonyl (C=O) groups excluding carboxylic acids is 1. The average molecular weight is 575 g/mol. The van der Waals surface area contributed by atoms with E-state index in [1.165, 1.54) is 17.7 Å². The third-order valence-electron chi connectivity index (χ3n) is 6.56. The summed E-state index contributed by atoms with van der Waals surface area (Å²) >= 11 is 0. The molecule has 2 aromatic carbocycles. The third kappa shape index (κ3) is 10.2. The summed E-state index contributed by atoms with van der Waals surface area (Å²) < 4.78 is 27.8. The summed E-state index contributed by atoms with van der Waals surface area (Å²) in [6.45, 7) is 8.65. The Morgan fingerprint density at radius 1 is 0.950 bits per heavy atom. The van der Waals surface area contributed by atoms with Gasteiger partial charge in [0.05, 0.1) is 12.1 Å². The molecule has 0 unspecified atom stereocenters. The highest BCUT2D eigenvalue weighted by molar-refractivity contribution is 5.95. The number of aromatic nitrogens is 1. The van der Waals surface area contributed by atoms with E-state index < -0.39 is 23.8 Å². The lowest BCUT2D eigenvalue weighted by molar-refractivity contribution is 0.0829. The Balaban J connectivity index is 0.00000560. The molecule has 40 heavy (non-hydrogen) atoms. The highest BCUT2D eigenvalue weighted by Gasteiger charge is 2.23. The first kappa shape index (κ1) is 33.1. The first-order chi connectivity index (χ1) is 18.8. The Morgan fingerprint density at radius 2 is 1.62 bits per heavy atom. The largest absolute Gasteiger partial charge is 0.390 e. The summed E-state index contributed by atoms with van der Waals surface area (Å²) in [6, 6.07) is 14.0. The number of aliphatic hydroxyl groups excluding tert-OH is 1. The minimum absolute atomic E-state index is 0. The van der Waals surface area contributed by atoms with Crippen LogP contribution < -0.4 is 15.5 Å². The molecule has 3 rings (SSSR count). The van der Waals surface area contributed by atoms with Gasteiger partial charge in [0.2, 0.25) is 0 Å². The molecule has 2 atom stereocenters. The van der Waals surface area contributed by atoms with E-state index in [1.807, 2.05) is 12.1 Å². The fraction of sp³-hybridized carbons (Fsp3) is 0.419. The zero-order valence-electron chi connectivity index (χ0n) is 23.5. The predicted octanol–water partition coefficient (Wildman–Crippen LogP) is 5.46. The average Bonchev–Trinajstić information content (AvgIpc) is 2.92. The molecule has 0 radical (unpaired) electrons. The number of hydrogen-bond acceptors (Lipinski definition) is 5. The normalized spacial score (nSPS) is 12.3. The SMILES string of the molecule is CCCN(CCC)c1cc(C(=O)N[C@@H](Cc2cc(F)cc(F)c2)[C@@H](O)CNCc2cccc(CC)c2)ccn1.Cl. The lowest BCUT2D eigenvalue weighted by Crippen LogP contribution is -2.48. The van der Waals surface area contributed by atoms with Gasteiger partial charge in [0.15, 0.2) is 0 Å². The molecule has 1 aromatic heterocycles. The Hall–Kier alpha value is -3.07. The Kier molecular flexibility index (Phi) is 14.0. The summed E-state index contributed by atoms with van der Waals surface area (Å²) in [6.07, 6.45) is 3.48.